The topological polar surface area (TPSA) is 47.0 Å². The van der Waals surface area contributed by atoms with E-state index in [4.69, 9.17) is 0 Å². The minimum Gasteiger partial charge on any atom is -0.370 e. The number of alkyl halides is 3. The highest BCUT2D eigenvalue weighted by Crippen LogP contribution is 2.17. The maximum absolute atomic E-state index is 11.7. The zero-order valence-corrected chi connectivity index (χ0v) is 10.4. The van der Waals surface area contributed by atoms with Crippen molar-refractivity contribution in [1.82, 2.24) is 9.36 Å². The van der Waals surface area contributed by atoms with Gasteiger partial charge >= 0.3 is 6.18 Å². The lowest BCUT2D eigenvalue weighted by molar-refractivity contribution is -0.172. The summed E-state index contributed by atoms with van der Waals surface area (Å²) < 4.78 is 43.7. The molecule has 8 heteroatoms. The number of nitrogens with zero attached hydrogens (tertiary/aromatic N) is 2. The van der Waals surface area contributed by atoms with Crippen LogP contribution in [0, 0.1) is 0 Å². The predicted molar refractivity (Wildman–Crippen MR) is 59.4 cm³/mol. The van der Waals surface area contributed by atoms with E-state index in [0.717, 1.165) is 5.82 Å². The fourth-order valence-corrected chi connectivity index (χ4v) is 1.69. The van der Waals surface area contributed by atoms with Crippen LogP contribution in [-0.2, 0) is 4.74 Å². The lowest BCUT2D eigenvalue weighted by Crippen LogP contribution is -2.20. The van der Waals surface area contributed by atoms with E-state index in [1.807, 2.05) is 13.8 Å². The Hall–Kier alpha value is -0.890. The average Bonchev–Trinajstić information content (AvgIpc) is 2.64. The van der Waals surface area contributed by atoms with E-state index in [0.29, 0.717) is 5.13 Å². The maximum atomic E-state index is 11.7. The third kappa shape index (κ3) is 5.83. The number of rotatable bonds is 6. The van der Waals surface area contributed by atoms with Crippen LogP contribution in [0.25, 0.3) is 0 Å². The first-order valence-electron chi connectivity index (χ1n) is 5.10. The Balaban J connectivity index is 2.18. The monoisotopic (exact) mass is 269 g/mol. The summed E-state index contributed by atoms with van der Waals surface area (Å²) in [7, 11) is 0. The number of nitrogens with one attached hydrogen (secondary N) is 1. The smallest absolute Gasteiger partial charge is 0.370 e. The van der Waals surface area contributed by atoms with Gasteiger partial charge in [0.2, 0.25) is 5.13 Å². The largest absolute Gasteiger partial charge is 0.411 e. The van der Waals surface area contributed by atoms with E-state index in [1.54, 1.807) is 0 Å². The van der Waals surface area contributed by atoms with Gasteiger partial charge < -0.3 is 10.1 Å². The number of hydrogen-bond donors (Lipinski definition) is 1. The Morgan fingerprint density at radius 3 is 2.65 bits per heavy atom. The van der Waals surface area contributed by atoms with Gasteiger partial charge in [-0.15, -0.1) is 0 Å². The fourth-order valence-electron chi connectivity index (χ4n) is 0.959. The van der Waals surface area contributed by atoms with Crippen LogP contribution in [-0.4, -0.2) is 35.3 Å². The molecule has 1 heterocycles. The highest BCUT2D eigenvalue weighted by atomic mass is 32.1. The van der Waals surface area contributed by atoms with Crippen molar-refractivity contribution in [2.24, 2.45) is 0 Å². The van der Waals surface area contributed by atoms with E-state index in [1.165, 1.54) is 11.5 Å². The first-order valence-corrected chi connectivity index (χ1v) is 5.88. The minimum atomic E-state index is -4.27. The molecule has 98 valence electrons. The quantitative estimate of drug-likeness (QED) is 0.806. The molecule has 0 atom stereocenters. The Labute approximate surface area is 101 Å². The summed E-state index contributed by atoms with van der Waals surface area (Å²) in [5, 5.41) is 3.46. The second-order valence-corrected chi connectivity index (χ2v) is 4.46. The van der Waals surface area contributed by atoms with Crippen molar-refractivity contribution < 1.29 is 17.9 Å². The molecule has 0 spiro atoms. The summed E-state index contributed by atoms with van der Waals surface area (Å²) in [6, 6.07) is 0. The van der Waals surface area contributed by atoms with Crippen LogP contribution < -0.4 is 5.32 Å². The molecule has 0 unspecified atom stereocenters. The molecule has 1 aromatic heterocycles. The summed E-state index contributed by atoms with van der Waals surface area (Å²) >= 11 is 1.19. The number of aromatic nitrogens is 2. The van der Waals surface area contributed by atoms with Crippen molar-refractivity contribution in [3.8, 4) is 0 Å². The van der Waals surface area contributed by atoms with Crippen molar-refractivity contribution >= 4 is 16.7 Å². The minimum absolute atomic E-state index is 0.0178. The molecule has 1 aromatic rings. The normalized spacial score (nSPS) is 12.1. The molecule has 0 fully saturated rings. The molecular formula is C9H14F3N3OS. The molecule has 0 aliphatic rings. The average molecular weight is 269 g/mol. The number of ether oxygens (including phenoxy) is 1. The molecule has 0 amide bonds. The Morgan fingerprint density at radius 2 is 2.12 bits per heavy atom. The van der Waals surface area contributed by atoms with Crippen molar-refractivity contribution in [3.63, 3.8) is 0 Å². The summed E-state index contributed by atoms with van der Waals surface area (Å²) in [6.45, 7) is 2.98. The van der Waals surface area contributed by atoms with E-state index < -0.39 is 12.8 Å². The zero-order valence-electron chi connectivity index (χ0n) is 9.54. The van der Waals surface area contributed by atoms with Crippen LogP contribution in [0.5, 0.6) is 0 Å². The first-order chi connectivity index (χ1) is 7.88. The van der Waals surface area contributed by atoms with Crippen LogP contribution in [0.1, 0.15) is 25.6 Å². The Bertz CT molecular complexity index is 340. The lowest BCUT2D eigenvalue weighted by Gasteiger charge is -2.07. The Kier molecular flexibility index (Phi) is 5.13. The summed E-state index contributed by atoms with van der Waals surface area (Å²) in [5.74, 6) is 0.969. The van der Waals surface area contributed by atoms with Gasteiger partial charge in [-0.3, -0.25) is 0 Å². The van der Waals surface area contributed by atoms with Crippen LogP contribution >= 0.6 is 11.5 Å². The molecule has 0 aliphatic carbocycles. The van der Waals surface area contributed by atoms with E-state index in [9.17, 15) is 13.2 Å². The molecule has 17 heavy (non-hydrogen) atoms. The van der Waals surface area contributed by atoms with Gasteiger partial charge in [-0.1, -0.05) is 13.8 Å². The first kappa shape index (κ1) is 14.2. The van der Waals surface area contributed by atoms with Gasteiger partial charge in [0.05, 0.1) is 6.61 Å². The molecule has 1 N–H and O–H groups in total. The van der Waals surface area contributed by atoms with Crippen LogP contribution in [0.4, 0.5) is 18.3 Å². The summed E-state index contributed by atoms with van der Waals surface area (Å²) in [6.07, 6.45) is -4.27. The second kappa shape index (κ2) is 6.15. The molecule has 0 aliphatic heterocycles. The molecule has 4 nitrogen and oxygen atoms in total. The van der Waals surface area contributed by atoms with Crippen molar-refractivity contribution in [2.45, 2.75) is 25.9 Å². The third-order valence-corrected chi connectivity index (χ3v) is 2.43. The van der Waals surface area contributed by atoms with Gasteiger partial charge in [-0.05, 0) is 0 Å². The summed E-state index contributed by atoms with van der Waals surface area (Å²) in [5.41, 5.74) is 0. The Morgan fingerprint density at radius 1 is 1.41 bits per heavy atom. The van der Waals surface area contributed by atoms with Crippen molar-refractivity contribution in [1.29, 1.82) is 0 Å². The van der Waals surface area contributed by atoms with Gasteiger partial charge in [0.15, 0.2) is 0 Å². The van der Waals surface area contributed by atoms with Gasteiger partial charge in [0.1, 0.15) is 12.4 Å². The van der Waals surface area contributed by atoms with Gasteiger partial charge in [0, 0.05) is 24.0 Å². The van der Waals surface area contributed by atoms with E-state index in [-0.39, 0.29) is 19.1 Å². The van der Waals surface area contributed by atoms with Crippen LogP contribution in [0.15, 0.2) is 0 Å². The third-order valence-electron chi connectivity index (χ3n) is 1.75. The van der Waals surface area contributed by atoms with E-state index in [2.05, 4.69) is 19.4 Å². The SMILES string of the molecule is CC(C)c1nsc(NCCOCC(F)(F)F)n1. The maximum Gasteiger partial charge on any atom is 0.411 e. The standard InChI is InChI=1S/C9H14F3N3OS/c1-6(2)7-14-8(17-15-7)13-3-4-16-5-9(10,11)12/h6H,3-5H2,1-2H3,(H,13,14,15). The molecule has 1 rings (SSSR count). The fraction of sp³-hybridized carbons (Fsp3) is 0.778. The number of hydrogen-bond acceptors (Lipinski definition) is 5. The highest BCUT2D eigenvalue weighted by Gasteiger charge is 2.27. The lowest BCUT2D eigenvalue weighted by atomic mass is 10.2. The molecule has 0 radical (unpaired) electrons. The van der Waals surface area contributed by atoms with Crippen molar-refractivity contribution in [2.75, 3.05) is 25.1 Å². The molecule has 0 saturated heterocycles. The number of halogens is 3. The molecule has 0 saturated carbocycles. The predicted octanol–water partition coefficient (Wildman–Crippen LogP) is 2.65. The van der Waals surface area contributed by atoms with Crippen molar-refractivity contribution in [3.05, 3.63) is 5.82 Å². The molecular weight excluding hydrogens is 255 g/mol. The van der Waals surface area contributed by atoms with Gasteiger partial charge in [0.25, 0.3) is 0 Å². The summed E-state index contributed by atoms with van der Waals surface area (Å²) in [4.78, 5) is 4.17. The highest BCUT2D eigenvalue weighted by molar-refractivity contribution is 7.09. The van der Waals surface area contributed by atoms with E-state index >= 15 is 0 Å². The second-order valence-electron chi connectivity index (χ2n) is 3.71. The van der Waals surface area contributed by atoms with Crippen LogP contribution in [0.3, 0.4) is 0 Å². The van der Waals surface area contributed by atoms with Crippen LogP contribution in [0.2, 0.25) is 0 Å². The zero-order chi connectivity index (χ0) is 12.9. The number of anilines is 1. The van der Waals surface area contributed by atoms with Gasteiger partial charge in [-0.2, -0.15) is 17.5 Å². The van der Waals surface area contributed by atoms with Gasteiger partial charge in [-0.25, -0.2) is 4.98 Å². The molecule has 0 aromatic carbocycles. The molecule has 0 bridgehead atoms.